The molecule has 5 heteroatoms. The van der Waals surface area contributed by atoms with Gasteiger partial charge < -0.3 is 10.4 Å². The third-order valence-corrected chi connectivity index (χ3v) is 4.91. The number of aromatic nitrogens is 1. The molecule has 19 heavy (non-hydrogen) atoms. The molecule has 0 aliphatic heterocycles. The summed E-state index contributed by atoms with van der Waals surface area (Å²) >= 11 is 3.41. The fourth-order valence-corrected chi connectivity index (χ4v) is 3.34. The number of thiophene rings is 1. The molecular weight excluding hydrogens is 276 g/mol. The maximum atomic E-state index is 9.70. The van der Waals surface area contributed by atoms with Crippen molar-refractivity contribution >= 4 is 22.7 Å². The van der Waals surface area contributed by atoms with E-state index in [9.17, 15) is 5.11 Å². The Bertz CT molecular complexity index is 479. The predicted octanol–water partition coefficient (Wildman–Crippen LogP) is 3.37. The molecule has 0 fully saturated rings. The van der Waals surface area contributed by atoms with Crippen molar-refractivity contribution in [1.82, 2.24) is 10.3 Å². The Balaban J connectivity index is 1.75. The molecule has 0 aliphatic rings. The molecule has 0 spiro atoms. The van der Waals surface area contributed by atoms with Crippen LogP contribution in [0.5, 0.6) is 0 Å². The highest BCUT2D eigenvalue weighted by molar-refractivity contribution is 7.20. The highest BCUT2D eigenvalue weighted by atomic mass is 32.1. The lowest BCUT2D eigenvalue weighted by atomic mass is 10.0. The second kappa shape index (κ2) is 7.14. The summed E-state index contributed by atoms with van der Waals surface area (Å²) in [6.07, 6.45) is 0.573. The summed E-state index contributed by atoms with van der Waals surface area (Å²) in [7, 11) is 0. The number of nitrogens with one attached hydrogen (secondary N) is 1. The van der Waals surface area contributed by atoms with Crippen LogP contribution < -0.4 is 5.32 Å². The number of thiazole rings is 1. The minimum Gasteiger partial charge on any atom is -0.393 e. The first-order valence-corrected chi connectivity index (χ1v) is 8.30. The van der Waals surface area contributed by atoms with Gasteiger partial charge in [0.1, 0.15) is 5.01 Å². The maximum absolute atomic E-state index is 9.70. The van der Waals surface area contributed by atoms with E-state index in [1.54, 1.807) is 22.7 Å². The van der Waals surface area contributed by atoms with Gasteiger partial charge in [-0.15, -0.1) is 22.7 Å². The molecule has 3 nitrogen and oxygen atoms in total. The summed E-state index contributed by atoms with van der Waals surface area (Å²) < 4.78 is 0. The van der Waals surface area contributed by atoms with Gasteiger partial charge in [-0.05, 0) is 30.3 Å². The Labute approximate surface area is 122 Å². The predicted molar refractivity (Wildman–Crippen MR) is 82.6 cm³/mol. The second-order valence-electron chi connectivity index (χ2n) is 4.90. The van der Waals surface area contributed by atoms with E-state index in [2.05, 4.69) is 27.1 Å². The van der Waals surface area contributed by atoms with Gasteiger partial charge in [0.05, 0.1) is 16.7 Å². The van der Waals surface area contributed by atoms with Gasteiger partial charge in [-0.1, -0.05) is 19.9 Å². The van der Waals surface area contributed by atoms with Crippen molar-refractivity contribution in [2.75, 3.05) is 6.54 Å². The van der Waals surface area contributed by atoms with Gasteiger partial charge in [-0.3, -0.25) is 0 Å². The molecule has 0 radical (unpaired) electrons. The minimum atomic E-state index is -0.218. The monoisotopic (exact) mass is 296 g/mol. The molecule has 2 aromatic heterocycles. The van der Waals surface area contributed by atoms with Crippen LogP contribution in [0.1, 0.15) is 26.0 Å². The molecule has 2 aromatic rings. The smallest absolute Gasteiger partial charge is 0.133 e. The van der Waals surface area contributed by atoms with Gasteiger partial charge >= 0.3 is 0 Å². The number of hydrogen-bond donors (Lipinski definition) is 2. The summed E-state index contributed by atoms with van der Waals surface area (Å²) in [5.74, 6) is 0.325. The van der Waals surface area contributed by atoms with Crippen molar-refractivity contribution in [3.63, 3.8) is 0 Å². The van der Waals surface area contributed by atoms with Gasteiger partial charge in [0.2, 0.25) is 0 Å². The summed E-state index contributed by atoms with van der Waals surface area (Å²) in [4.78, 5) is 5.84. The molecule has 104 valence electrons. The van der Waals surface area contributed by atoms with E-state index in [1.807, 2.05) is 19.9 Å². The molecule has 0 saturated heterocycles. The quantitative estimate of drug-likeness (QED) is 0.770. The number of hydrogen-bond acceptors (Lipinski definition) is 5. The zero-order chi connectivity index (χ0) is 13.7. The summed E-state index contributed by atoms with van der Waals surface area (Å²) in [6.45, 7) is 5.68. The lowest BCUT2D eigenvalue weighted by Gasteiger charge is -2.13. The minimum absolute atomic E-state index is 0.218. The Morgan fingerprint density at radius 1 is 1.37 bits per heavy atom. The van der Waals surface area contributed by atoms with Crippen molar-refractivity contribution in [3.8, 4) is 9.88 Å². The molecule has 2 heterocycles. The van der Waals surface area contributed by atoms with Crippen LogP contribution in [0.2, 0.25) is 0 Å². The average molecular weight is 296 g/mol. The van der Waals surface area contributed by atoms with E-state index in [0.29, 0.717) is 5.92 Å². The molecule has 0 aromatic carbocycles. The second-order valence-corrected chi connectivity index (χ2v) is 6.70. The number of aliphatic hydroxyl groups excluding tert-OH is 1. The van der Waals surface area contributed by atoms with Gasteiger partial charge in [0.15, 0.2) is 0 Å². The van der Waals surface area contributed by atoms with E-state index in [1.165, 1.54) is 4.88 Å². The van der Waals surface area contributed by atoms with Crippen molar-refractivity contribution in [3.05, 3.63) is 28.6 Å². The third-order valence-electron chi connectivity index (χ3n) is 2.98. The van der Waals surface area contributed by atoms with Crippen molar-refractivity contribution in [2.45, 2.75) is 32.9 Å². The van der Waals surface area contributed by atoms with Crippen LogP contribution in [0.25, 0.3) is 9.88 Å². The van der Waals surface area contributed by atoms with Gasteiger partial charge in [-0.2, -0.15) is 0 Å². The Hall–Kier alpha value is -0.750. The topological polar surface area (TPSA) is 45.1 Å². The normalized spacial score (nSPS) is 13.1. The van der Waals surface area contributed by atoms with Crippen LogP contribution in [0, 0.1) is 5.92 Å². The molecular formula is C14H20N2OS2. The van der Waals surface area contributed by atoms with Crippen LogP contribution in [0.3, 0.4) is 0 Å². The Kier molecular flexibility index (Phi) is 5.51. The zero-order valence-electron chi connectivity index (χ0n) is 11.3. The first-order chi connectivity index (χ1) is 9.16. The van der Waals surface area contributed by atoms with E-state index < -0.39 is 0 Å². The maximum Gasteiger partial charge on any atom is 0.133 e. The van der Waals surface area contributed by atoms with E-state index in [0.717, 1.165) is 30.2 Å². The lowest BCUT2D eigenvalue weighted by molar-refractivity contribution is 0.116. The first kappa shape index (κ1) is 14.7. The van der Waals surface area contributed by atoms with Gasteiger partial charge in [0.25, 0.3) is 0 Å². The van der Waals surface area contributed by atoms with Crippen LogP contribution in [-0.4, -0.2) is 22.7 Å². The highest BCUT2D eigenvalue weighted by Gasteiger charge is 2.09. The third kappa shape index (κ3) is 4.38. The van der Waals surface area contributed by atoms with Crippen LogP contribution in [-0.2, 0) is 6.54 Å². The number of aliphatic hydroxyl groups is 1. The lowest BCUT2D eigenvalue weighted by Crippen LogP contribution is -2.23. The zero-order valence-corrected chi connectivity index (χ0v) is 12.9. The van der Waals surface area contributed by atoms with Crippen LogP contribution in [0.4, 0.5) is 0 Å². The summed E-state index contributed by atoms with van der Waals surface area (Å²) in [6, 6.07) is 4.15. The SMILES string of the molecule is CC(C)C(O)CCNCc1csc(-c2cccs2)n1. The Morgan fingerprint density at radius 3 is 2.89 bits per heavy atom. The summed E-state index contributed by atoms with van der Waals surface area (Å²) in [5.41, 5.74) is 1.08. The molecule has 2 rings (SSSR count). The molecule has 2 N–H and O–H groups in total. The van der Waals surface area contributed by atoms with Crippen molar-refractivity contribution < 1.29 is 5.11 Å². The van der Waals surface area contributed by atoms with E-state index in [4.69, 9.17) is 0 Å². The van der Waals surface area contributed by atoms with Gasteiger partial charge in [-0.25, -0.2) is 4.98 Å². The van der Waals surface area contributed by atoms with E-state index in [-0.39, 0.29) is 6.10 Å². The van der Waals surface area contributed by atoms with Crippen LogP contribution in [0.15, 0.2) is 22.9 Å². The molecule has 1 atom stereocenters. The molecule has 0 amide bonds. The molecule has 0 aliphatic carbocycles. The Morgan fingerprint density at radius 2 is 2.21 bits per heavy atom. The van der Waals surface area contributed by atoms with Crippen molar-refractivity contribution in [1.29, 1.82) is 0 Å². The van der Waals surface area contributed by atoms with Crippen LogP contribution >= 0.6 is 22.7 Å². The highest BCUT2D eigenvalue weighted by Crippen LogP contribution is 2.27. The number of nitrogens with zero attached hydrogens (tertiary/aromatic N) is 1. The van der Waals surface area contributed by atoms with Crippen molar-refractivity contribution in [2.24, 2.45) is 5.92 Å². The van der Waals surface area contributed by atoms with E-state index >= 15 is 0 Å². The fraction of sp³-hybridized carbons (Fsp3) is 0.500. The fourth-order valence-electron chi connectivity index (χ4n) is 1.70. The first-order valence-electron chi connectivity index (χ1n) is 6.54. The summed E-state index contributed by atoms with van der Waals surface area (Å²) in [5, 5.41) is 18.3. The average Bonchev–Trinajstić information content (AvgIpc) is 3.04. The standard InChI is InChI=1S/C14H20N2OS2/c1-10(2)12(17)5-6-15-8-11-9-19-14(16-11)13-4-3-7-18-13/h3-4,7,9-10,12,15,17H,5-6,8H2,1-2H3. The molecule has 0 saturated carbocycles. The molecule has 0 bridgehead atoms. The largest absolute Gasteiger partial charge is 0.393 e. The number of rotatable bonds is 7. The molecule has 1 unspecified atom stereocenters. The van der Waals surface area contributed by atoms with Gasteiger partial charge in [0, 0.05) is 11.9 Å².